The van der Waals surface area contributed by atoms with Crippen LogP contribution in [0, 0.1) is 0 Å². The van der Waals surface area contributed by atoms with Crippen LogP contribution in [0.1, 0.15) is 76.2 Å². The van der Waals surface area contributed by atoms with E-state index in [0.29, 0.717) is 24.4 Å². The summed E-state index contributed by atoms with van der Waals surface area (Å²) in [5.74, 6) is 2.13. The van der Waals surface area contributed by atoms with Crippen LogP contribution in [0.2, 0.25) is 0 Å². The Balaban J connectivity index is 1.11. The molecule has 5 N–H and O–H groups in total. The third-order valence-electron chi connectivity index (χ3n) is 7.01. The molecule has 11 heteroatoms. The van der Waals surface area contributed by atoms with Gasteiger partial charge in [0.25, 0.3) is 0 Å². The minimum atomic E-state index is 0.451. The molecule has 11 nitrogen and oxygen atoms in total. The molecule has 0 spiro atoms. The van der Waals surface area contributed by atoms with Gasteiger partial charge in [-0.1, -0.05) is 26.2 Å². The number of hydrogen-bond donors (Lipinski definition) is 5. The third-order valence-corrected chi connectivity index (χ3v) is 7.01. The summed E-state index contributed by atoms with van der Waals surface area (Å²) in [7, 11) is 0. The first-order valence-electron chi connectivity index (χ1n) is 14.1. The molecule has 0 amide bonds. The molecule has 0 unspecified atom stereocenters. The van der Waals surface area contributed by atoms with Crippen molar-refractivity contribution < 1.29 is 0 Å². The first kappa shape index (κ1) is 26.7. The van der Waals surface area contributed by atoms with Crippen LogP contribution in [0.4, 0.5) is 11.8 Å². The SMILES string of the molecule is CCc1cc(NC2CCNCC2)nc(NCc2nnn(CCCNCCCNC3CCCCC3)n2)n1. The van der Waals surface area contributed by atoms with E-state index < -0.39 is 0 Å². The molecule has 1 aliphatic carbocycles. The van der Waals surface area contributed by atoms with Crippen molar-refractivity contribution in [3.05, 3.63) is 17.6 Å². The van der Waals surface area contributed by atoms with Crippen molar-refractivity contribution >= 4 is 11.8 Å². The Labute approximate surface area is 215 Å². The molecular formula is C25H45N11. The highest BCUT2D eigenvalue weighted by atomic mass is 15.6. The summed E-state index contributed by atoms with van der Waals surface area (Å²) < 4.78 is 0. The maximum absolute atomic E-state index is 4.67. The predicted molar refractivity (Wildman–Crippen MR) is 143 cm³/mol. The fourth-order valence-electron chi connectivity index (χ4n) is 4.90. The fourth-order valence-corrected chi connectivity index (χ4v) is 4.90. The van der Waals surface area contributed by atoms with Gasteiger partial charge >= 0.3 is 0 Å². The summed E-state index contributed by atoms with van der Waals surface area (Å²) in [4.78, 5) is 11.0. The van der Waals surface area contributed by atoms with Crippen LogP contribution in [0.15, 0.2) is 6.07 Å². The zero-order chi connectivity index (χ0) is 24.8. The second-order valence-corrected chi connectivity index (χ2v) is 9.99. The minimum Gasteiger partial charge on any atom is -0.367 e. The van der Waals surface area contributed by atoms with Crippen LogP contribution < -0.4 is 26.6 Å². The first-order chi connectivity index (χ1) is 17.8. The van der Waals surface area contributed by atoms with Crippen LogP contribution in [0.25, 0.3) is 0 Å². The molecule has 2 aromatic heterocycles. The maximum Gasteiger partial charge on any atom is 0.225 e. The second-order valence-electron chi connectivity index (χ2n) is 9.99. The molecule has 4 rings (SSSR count). The number of piperidine rings is 1. The van der Waals surface area contributed by atoms with Crippen molar-refractivity contribution in [2.45, 2.75) is 96.3 Å². The van der Waals surface area contributed by atoms with Gasteiger partial charge in [0.05, 0.1) is 13.1 Å². The molecule has 2 fully saturated rings. The van der Waals surface area contributed by atoms with E-state index in [-0.39, 0.29) is 0 Å². The van der Waals surface area contributed by atoms with Crippen LogP contribution in [-0.2, 0) is 19.5 Å². The minimum absolute atomic E-state index is 0.451. The summed E-state index contributed by atoms with van der Waals surface area (Å²) in [6.07, 6.45) is 12.1. The highest BCUT2D eigenvalue weighted by Crippen LogP contribution is 2.17. The molecular weight excluding hydrogens is 454 g/mol. The van der Waals surface area contributed by atoms with E-state index in [1.54, 1.807) is 4.80 Å². The molecule has 1 saturated heterocycles. The van der Waals surface area contributed by atoms with E-state index in [1.165, 1.54) is 38.5 Å². The second kappa shape index (κ2) is 15.0. The zero-order valence-corrected chi connectivity index (χ0v) is 21.9. The summed E-state index contributed by atoms with van der Waals surface area (Å²) in [6, 6.07) is 3.25. The largest absolute Gasteiger partial charge is 0.367 e. The van der Waals surface area contributed by atoms with Gasteiger partial charge in [-0.15, -0.1) is 10.2 Å². The Bertz CT molecular complexity index is 875. The molecule has 1 aliphatic heterocycles. The smallest absolute Gasteiger partial charge is 0.225 e. The number of nitrogens with zero attached hydrogens (tertiary/aromatic N) is 6. The Hall–Kier alpha value is -2.37. The van der Waals surface area contributed by atoms with Crippen molar-refractivity contribution in [2.75, 3.05) is 43.4 Å². The molecule has 200 valence electrons. The van der Waals surface area contributed by atoms with Crippen LogP contribution in [-0.4, -0.2) is 75.0 Å². The lowest BCUT2D eigenvalue weighted by atomic mass is 9.95. The van der Waals surface area contributed by atoms with Gasteiger partial charge in [-0.3, -0.25) is 0 Å². The van der Waals surface area contributed by atoms with Crippen molar-refractivity contribution in [1.29, 1.82) is 0 Å². The summed E-state index contributed by atoms with van der Waals surface area (Å²) in [6.45, 7) is 8.52. The van der Waals surface area contributed by atoms with Crippen molar-refractivity contribution in [1.82, 2.24) is 46.1 Å². The first-order valence-corrected chi connectivity index (χ1v) is 14.1. The van der Waals surface area contributed by atoms with E-state index in [0.717, 1.165) is 82.5 Å². The normalized spacial score (nSPS) is 17.4. The van der Waals surface area contributed by atoms with E-state index in [2.05, 4.69) is 58.9 Å². The average molecular weight is 500 g/mol. The summed E-state index contributed by atoms with van der Waals surface area (Å²) in [5.41, 5.74) is 1.01. The number of anilines is 2. The topological polar surface area (TPSA) is 130 Å². The molecule has 36 heavy (non-hydrogen) atoms. The molecule has 0 aromatic carbocycles. The zero-order valence-electron chi connectivity index (χ0n) is 21.9. The van der Waals surface area contributed by atoms with Crippen LogP contribution >= 0.6 is 0 Å². The molecule has 2 aliphatic rings. The summed E-state index contributed by atoms with van der Waals surface area (Å²) in [5, 5.41) is 30.3. The lowest BCUT2D eigenvalue weighted by molar-refractivity contribution is 0.370. The molecule has 0 bridgehead atoms. The lowest BCUT2D eigenvalue weighted by Gasteiger charge is -2.24. The number of tetrazole rings is 1. The van der Waals surface area contributed by atoms with E-state index in [9.17, 15) is 0 Å². The average Bonchev–Trinajstić information content (AvgIpc) is 3.38. The highest BCUT2D eigenvalue weighted by Gasteiger charge is 2.15. The van der Waals surface area contributed by atoms with Crippen LogP contribution in [0.5, 0.6) is 0 Å². The molecule has 3 heterocycles. The molecule has 0 radical (unpaired) electrons. The van der Waals surface area contributed by atoms with E-state index in [4.69, 9.17) is 0 Å². The van der Waals surface area contributed by atoms with Gasteiger partial charge in [-0.25, -0.2) is 4.98 Å². The Morgan fingerprint density at radius 1 is 0.972 bits per heavy atom. The van der Waals surface area contributed by atoms with E-state index >= 15 is 0 Å². The van der Waals surface area contributed by atoms with E-state index in [1.807, 2.05) is 6.07 Å². The number of hydrogen-bond acceptors (Lipinski definition) is 10. The Morgan fingerprint density at radius 2 is 1.81 bits per heavy atom. The van der Waals surface area contributed by atoms with Crippen molar-refractivity contribution in [3.8, 4) is 0 Å². The third kappa shape index (κ3) is 9.25. The predicted octanol–water partition coefficient (Wildman–Crippen LogP) is 2.09. The van der Waals surface area contributed by atoms with Gasteiger partial charge < -0.3 is 26.6 Å². The van der Waals surface area contributed by atoms with Crippen molar-refractivity contribution in [3.63, 3.8) is 0 Å². The molecule has 1 saturated carbocycles. The van der Waals surface area contributed by atoms with Gasteiger partial charge in [-0.05, 0) is 82.9 Å². The van der Waals surface area contributed by atoms with Gasteiger partial charge in [-0.2, -0.15) is 9.78 Å². The Morgan fingerprint density at radius 3 is 2.64 bits per heavy atom. The standard InChI is InChI=1S/C25H45N11/c1-2-20-18-23(30-22-10-15-27-16-11-22)32-25(31-20)29-19-24-33-35-36(34-24)17-7-13-26-12-6-14-28-21-8-4-3-5-9-21/h18,21-22,26-28H,2-17,19H2,1H3,(H2,29,30,31,32). The fraction of sp³-hybridized carbons (Fsp3) is 0.800. The number of nitrogens with one attached hydrogen (secondary N) is 5. The number of aryl methyl sites for hydroxylation is 2. The highest BCUT2D eigenvalue weighted by molar-refractivity contribution is 5.43. The quantitative estimate of drug-likeness (QED) is 0.232. The summed E-state index contributed by atoms with van der Waals surface area (Å²) >= 11 is 0. The van der Waals surface area contributed by atoms with Gasteiger partial charge in [0.1, 0.15) is 5.82 Å². The molecule has 2 aromatic rings. The van der Waals surface area contributed by atoms with Gasteiger partial charge in [0, 0.05) is 23.8 Å². The lowest BCUT2D eigenvalue weighted by Crippen LogP contribution is -2.35. The number of rotatable bonds is 15. The monoisotopic (exact) mass is 499 g/mol. The van der Waals surface area contributed by atoms with Crippen LogP contribution in [0.3, 0.4) is 0 Å². The Kier molecular flexibility index (Phi) is 11.1. The number of aromatic nitrogens is 6. The van der Waals surface area contributed by atoms with Gasteiger partial charge in [0.15, 0.2) is 5.82 Å². The maximum atomic E-state index is 4.67. The van der Waals surface area contributed by atoms with Crippen molar-refractivity contribution in [2.24, 2.45) is 0 Å². The molecule has 0 atom stereocenters. The van der Waals surface area contributed by atoms with Gasteiger partial charge in [0.2, 0.25) is 5.95 Å².